The molecule has 1 heterocycles. The molecule has 1 aliphatic rings. The number of likely N-dealkylation sites (N-methyl/N-ethyl adjacent to an activating group) is 1. The van der Waals surface area contributed by atoms with Gasteiger partial charge in [0.2, 0.25) is 29.4 Å². The van der Waals surface area contributed by atoms with E-state index in [-0.39, 0.29) is 25.3 Å². The number of carbonyl (C=O) groups is 7. The van der Waals surface area contributed by atoms with Gasteiger partial charge in [-0.05, 0) is 50.0 Å². The topological polar surface area (TPSA) is 183 Å². The van der Waals surface area contributed by atoms with Gasteiger partial charge in [-0.3, -0.25) is 28.8 Å². The molecule has 1 aromatic rings. The Morgan fingerprint density at radius 1 is 0.940 bits per heavy atom. The van der Waals surface area contributed by atoms with Crippen LogP contribution in [0.1, 0.15) is 93.2 Å². The van der Waals surface area contributed by atoms with E-state index in [1.54, 1.807) is 92.9 Å². The van der Waals surface area contributed by atoms with Gasteiger partial charge in [0.05, 0.1) is 12.6 Å². The average molecular weight is 701 g/mol. The zero-order chi connectivity index (χ0) is 38.2. The molecule has 0 spiro atoms. The summed E-state index contributed by atoms with van der Waals surface area (Å²) in [4.78, 5) is 95.1. The number of hydrogen-bond acceptors (Lipinski definition) is 8. The molecule has 4 atom stereocenters. The zero-order valence-electron chi connectivity index (χ0n) is 31.4. The minimum atomic E-state index is -1.22. The van der Waals surface area contributed by atoms with E-state index in [1.165, 1.54) is 9.80 Å². The molecule has 278 valence electrons. The van der Waals surface area contributed by atoms with Crippen molar-refractivity contribution < 1.29 is 38.3 Å². The molecular weight excluding hydrogens is 644 g/mol. The maximum atomic E-state index is 14.0. The molecule has 1 aromatic carbocycles. The SMILES string of the molecule is CCCC(NC(=O)C1CC(C)(C)CN1C(=O)[C@@H](NC(=O)OC(C)(C)C)C(C)(C)C)C(=O)C(=O)NCC(=O)N[C@H](C(=O)N(C)C)c1ccccc1. The number of hydrogen-bond donors (Lipinski definition) is 4. The van der Waals surface area contributed by atoms with Crippen molar-refractivity contribution in [3.8, 4) is 0 Å². The molecule has 4 N–H and O–H groups in total. The maximum absolute atomic E-state index is 14.0. The molecule has 50 heavy (non-hydrogen) atoms. The van der Waals surface area contributed by atoms with E-state index in [9.17, 15) is 33.6 Å². The first kappa shape index (κ1) is 41.7. The summed E-state index contributed by atoms with van der Waals surface area (Å²) in [5.41, 5.74) is -1.45. The number of Topliss-reactive ketones (excluding diaryl/α,β-unsaturated/α-hetero) is 1. The first-order valence-electron chi connectivity index (χ1n) is 16.9. The van der Waals surface area contributed by atoms with E-state index in [0.717, 1.165) is 0 Å². The van der Waals surface area contributed by atoms with Crippen LogP contribution in [0.15, 0.2) is 30.3 Å². The van der Waals surface area contributed by atoms with E-state index in [4.69, 9.17) is 4.74 Å². The van der Waals surface area contributed by atoms with Gasteiger partial charge in [0.15, 0.2) is 0 Å². The second kappa shape index (κ2) is 16.9. The van der Waals surface area contributed by atoms with Crippen LogP contribution in [0.4, 0.5) is 4.79 Å². The first-order valence-corrected chi connectivity index (χ1v) is 16.9. The van der Waals surface area contributed by atoms with Gasteiger partial charge in [-0.25, -0.2) is 4.79 Å². The molecule has 0 saturated carbocycles. The van der Waals surface area contributed by atoms with Crippen molar-refractivity contribution >= 4 is 41.4 Å². The lowest BCUT2D eigenvalue weighted by Gasteiger charge is -2.36. The smallest absolute Gasteiger partial charge is 0.408 e. The van der Waals surface area contributed by atoms with Gasteiger partial charge < -0.3 is 35.8 Å². The predicted octanol–water partition coefficient (Wildman–Crippen LogP) is 2.47. The van der Waals surface area contributed by atoms with Crippen LogP contribution in [0.25, 0.3) is 0 Å². The van der Waals surface area contributed by atoms with Crippen molar-refractivity contribution in [3.05, 3.63) is 35.9 Å². The third kappa shape index (κ3) is 12.1. The summed E-state index contributed by atoms with van der Waals surface area (Å²) in [6.45, 7) is 15.8. The Kier molecular flexibility index (Phi) is 14.1. The van der Waals surface area contributed by atoms with Gasteiger partial charge in [0.25, 0.3) is 5.91 Å². The van der Waals surface area contributed by atoms with Gasteiger partial charge in [-0.1, -0.05) is 78.3 Å². The molecule has 2 unspecified atom stereocenters. The Balaban J connectivity index is 2.18. The highest BCUT2D eigenvalue weighted by Crippen LogP contribution is 2.36. The number of amides is 6. The predicted molar refractivity (Wildman–Crippen MR) is 187 cm³/mol. The highest BCUT2D eigenvalue weighted by molar-refractivity contribution is 6.38. The normalized spacial score (nSPS) is 17.4. The lowest BCUT2D eigenvalue weighted by Crippen LogP contribution is -2.59. The van der Waals surface area contributed by atoms with Crippen molar-refractivity contribution in [2.45, 2.75) is 111 Å². The highest BCUT2D eigenvalue weighted by Gasteiger charge is 2.48. The third-order valence-electron chi connectivity index (χ3n) is 8.05. The van der Waals surface area contributed by atoms with Gasteiger partial charge in [-0.2, -0.15) is 0 Å². The summed E-state index contributed by atoms with van der Waals surface area (Å²) in [6.07, 6.45) is 0.0904. The number of carbonyl (C=O) groups excluding carboxylic acids is 7. The zero-order valence-corrected chi connectivity index (χ0v) is 31.4. The Bertz CT molecular complexity index is 1410. The van der Waals surface area contributed by atoms with Crippen molar-refractivity contribution in [1.82, 2.24) is 31.1 Å². The molecule has 0 bridgehead atoms. The number of nitrogens with zero attached hydrogens (tertiary/aromatic N) is 2. The summed E-state index contributed by atoms with van der Waals surface area (Å²) in [5, 5.41) is 10.3. The van der Waals surface area contributed by atoms with Crippen molar-refractivity contribution in [2.75, 3.05) is 27.2 Å². The molecule has 0 aromatic heterocycles. The summed E-state index contributed by atoms with van der Waals surface area (Å²) in [7, 11) is 3.11. The van der Waals surface area contributed by atoms with Crippen LogP contribution < -0.4 is 21.3 Å². The van der Waals surface area contributed by atoms with Crippen LogP contribution in [-0.2, 0) is 33.5 Å². The molecule has 0 aliphatic carbocycles. The largest absolute Gasteiger partial charge is 0.444 e. The minimum Gasteiger partial charge on any atom is -0.444 e. The fourth-order valence-electron chi connectivity index (χ4n) is 5.61. The fourth-order valence-corrected chi connectivity index (χ4v) is 5.61. The number of ketones is 1. The number of rotatable bonds is 13. The standard InChI is InChI=1S/C36H56N6O8/c1-12-16-23(27(44)30(46)37-20-25(43)39-26(31(47)41(10)11)22-17-14-13-15-18-22)38-29(45)24-19-36(8,9)21-42(24)32(48)28(34(2,3)4)40-33(49)50-35(5,6)7/h13-15,17-18,23-24,26,28H,12,16,19-21H2,1-11H3,(H,37,46)(H,38,45)(H,39,43)(H,40,49)/t23?,24?,26-,28+/m0/s1. The molecular formula is C36H56N6O8. The lowest BCUT2D eigenvalue weighted by molar-refractivity contribution is -0.144. The van der Waals surface area contributed by atoms with Crippen molar-refractivity contribution in [3.63, 3.8) is 0 Å². The molecule has 0 radical (unpaired) electrons. The number of ether oxygens (including phenoxy) is 1. The molecule has 2 rings (SSSR count). The Labute approximate surface area is 295 Å². The van der Waals surface area contributed by atoms with Crippen LogP contribution in [-0.4, -0.2) is 102 Å². The monoisotopic (exact) mass is 700 g/mol. The average Bonchev–Trinajstić information content (AvgIpc) is 3.34. The summed E-state index contributed by atoms with van der Waals surface area (Å²) < 4.78 is 5.40. The van der Waals surface area contributed by atoms with Gasteiger partial charge in [0.1, 0.15) is 23.7 Å². The fraction of sp³-hybridized carbons (Fsp3) is 0.639. The van der Waals surface area contributed by atoms with E-state index in [1.807, 2.05) is 13.8 Å². The minimum absolute atomic E-state index is 0.131. The molecule has 1 fully saturated rings. The van der Waals surface area contributed by atoms with Crippen molar-refractivity contribution in [2.24, 2.45) is 10.8 Å². The quantitative estimate of drug-likeness (QED) is 0.226. The summed E-state index contributed by atoms with van der Waals surface area (Å²) in [5.74, 6) is -4.19. The molecule has 1 saturated heterocycles. The molecule has 1 aliphatic heterocycles. The van der Waals surface area contributed by atoms with Crippen LogP contribution in [0.5, 0.6) is 0 Å². The maximum Gasteiger partial charge on any atom is 0.408 e. The Morgan fingerprint density at radius 2 is 1.54 bits per heavy atom. The highest BCUT2D eigenvalue weighted by atomic mass is 16.6. The number of likely N-dealkylation sites (tertiary alicyclic amines) is 1. The first-order chi connectivity index (χ1) is 23.0. The Hall–Kier alpha value is -4.49. The Morgan fingerprint density at radius 3 is 2.06 bits per heavy atom. The van der Waals surface area contributed by atoms with Crippen LogP contribution in [0, 0.1) is 10.8 Å². The van der Waals surface area contributed by atoms with Gasteiger partial charge in [0, 0.05) is 20.6 Å². The second-order valence-corrected chi connectivity index (χ2v) is 15.8. The van der Waals surface area contributed by atoms with Crippen molar-refractivity contribution in [1.29, 1.82) is 0 Å². The van der Waals surface area contributed by atoms with E-state index >= 15 is 0 Å². The summed E-state index contributed by atoms with van der Waals surface area (Å²) in [6, 6.07) is 4.38. The number of alkyl carbamates (subject to hydrolysis) is 1. The molecule has 6 amide bonds. The van der Waals surface area contributed by atoms with Gasteiger partial charge in [-0.15, -0.1) is 0 Å². The number of benzene rings is 1. The van der Waals surface area contributed by atoms with Crippen LogP contribution in [0.2, 0.25) is 0 Å². The van der Waals surface area contributed by atoms with Crippen LogP contribution in [0.3, 0.4) is 0 Å². The van der Waals surface area contributed by atoms with E-state index in [0.29, 0.717) is 12.0 Å². The van der Waals surface area contributed by atoms with E-state index in [2.05, 4.69) is 21.3 Å². The third-order valence-corrected chi connectivity index (χ3v) is 8.05. The second-order valence-electron chi connectivity index (χ2n) is 15.8. The van der Waals surface area contributed by atoms with E-state index < -0.39 is 82.6 Å². The summed E-state index contributed by atoms with van der Waals surface area (Å²) >= 11 is 0. The van der Waals surface area contributed by atoms with Gasteiger partial charge >= 0.3 is 6.09 Å². The molecule has 14 heteroatoms. The number of nitrogens with one attached hydrogen (secondary N) is 4. The lowest BCUT2D eigenvalue weighted by atomic mass is 9.85. The molecule has 14 nitrogen and oxygen atoms in total. The van der Waals surface area contributed by atoms with Crippen LogP contribution >= 0.6 is 0 Å².